The smallest absolute Gasteiger partial charge is 0.0104 e. The summed E-state index contributed by atoms with van der Waals surface area (Å²) in [6.07, 6.45) is 6.44. The maximum absolute atomic E-state index is 3.48. The van der Waals surface area contributed by atoms with Crippen molar-refractivity contribution in [1.29, 1.82) is 0 Å². The molecule has 1 N–H and O–H groups in total. The second-order valence-electron chi connectivity index (χ2n) is 5.46. The van der Waals surface area contributed by atoms with E-state index in [1.807, 2.05) is 11.8 Å². The largest absolute Gasteiger partial charge is 0.315 e. The summed E-state index contributed by atoms with van der Waals surface area (Å²) in [5.74, 6) is 1.30. The van der Waals surface area contributed by atoms with Crippen LogP contribution in [0.15, 0.2) is 23.1 Å². The first-order valence-electron chi connectivity index (χ1n) is 7.23. The van der Waals surface area contributed by atoms with E-state index in [2.05, 4.69) is 37.4 Å². The summed E-state index contributed by atoms with van der Waals surface area (Å²) in [5, 5.41) is 3.48. The second-order valence-corrected chi connectivity index (χ2v) is 6.60. The maximum atomic E-state index is 3.48. The highest BCUT2D eigenvalue weighted by Gasteiger charge is 2.09. The minimum Gasteiger partial charge on any atom is -0.315 e. The van der Waals surface area contributed by atoms with Crippen molar-refractivity contribution < 1.29 is 0 Å². The van der Waals surface area contributed by atoms with Crippen molar-refractivity contribution in [3.05, 3.63) is 29.3 Å². The number of fused-ring (bicyclic) bond motifs is 1. The van der Waals surface area contributed by atoms with Gasteiger partial charge in [0.25, 0.3) is 0 Å². The fraction of sp³-hybridized carbons (Fsp3) is 0.625. The highest BCUT2D eigenvalue weighted by Crippen LogP contribution is 2.30. The molecule has 0 radical (unpaired) electrons. The molecule has 0 bridgehead atoms. The van der Waals surface area contributed by atoms with Crippen molar-refractivity contribution in [1.82, 2.24) is 5.32 Å². The number of hydrogen-bond donors (Lipinski definition) is 1. The van der Waals surface area contributed by atoms with Gasteiger partial charge in [0.05, 0.1) is 0 Å². The number of hydrogen-bond acceptors (Lipinski definition) is 2. The SMILES string of the molecule is CC(C)NCCCCc1ccc2c(c1)CCCS2. The van der Waals surface area contributed by atoms with E-state index in [0.717, 1.165) is 6.54 Å². The third kappa shape index (κ3) is 4.33. The van der Waals surface area contributed by atoms with Crippen LogP contribution >= 0.6 is 11.8 Å². The highest BCUT2D eigenvalue weighted by atomic mass is 32.2. The molecule has 1 aromatic rings. The summed E-state index contributed by atoms with van der Waals surface area (Å²) >= 11 is 2.02. The van der Waals surface area contributed by atoms with Gasteiger partial charge in [-0.25, -0.2) is 0 Å². The van der Waals surface area contributed by atoms with Gasteiger partial charge in [-0.05, 0) is 61.6 Å². The molecular formula is C16H25NS. The summed E-state index contributed by atoms with van der Waals surface area (Å²) < 4.78 is 0. The molecule has 0 fully saturated rings. The molecule has 0 saturated heterocycles. The summed E-state index contributed by atoms with van der Waals surface area (Å²) in [5.41, 5.74) is 3.12. The monoisotopic (exact) mass is 263 g/mol. The summed E-state index contributed by atoms with van der Waals surface area (Å²) in [6.45, 7) is 5.57. The quantitative estimate of drug-likeness (QED) is 0.777. The Morgan fingerprint density at radius 3 is 3.00 bits per heavy atom. The Morgan fingerprint density at radius 1 is 1.28 bits per heavy atom. The molecule has 0 aliphatic carbocycles. The standard InChI is InChI=1S/C16H25NS/c1-13(2)17-10-4-3-6-14-8-9-16-15(12-14)7-5-11-18-16/h8-9,12-13,17H,3-7,10-11H2,1-2H3. The van der Waals surface area contributed by atoms with Crippen LogP contribution in [0.25, 0.3) is 0 Å². The first kappa shape index (κ1) is 14.0. The summed E-state index contributed by atoms with van der Waals surface area (Å²) in [7, 11) is 0. The maximum Gasteiger partial charge on any atom is 0.0104 e. The summed E-state index contributed by atoms with van der Waals surface area (Å²) in [6, 6.07) is 7.72. The van der Waals surface area contributed by atoms with Crippen LogP contribution in [0.1, 0.15) is 44.2 Å². The summed E-state index contributed by atoms with van der Waals surface area (Å²) in [4.78, 5) is 1.52. The van der Waals surface area contributed by atoms with Gasteiger partial charge >= 0.3 is 0 Å². The lowest BCUT2D eigenvalue weighted by Crippen LogP contribution is -2.23. The molecule has 0 saturated carbocycles. The van der Waals surface area contributed by atoms with E-state index in [1.54, 1.807) is 5.56 Å². The third-order valence-electron chi connectivity index (χ3n) is 3.42. The van der Waals surface area contributed by atoms with Crippen LogP contribution in [0.3, 0.4) is 0 Å². The molecule has 2 rings (SSSR count). The van der Waals surface area contributed by atoms with E-state index in [9.17, 15) is 0 Å². The Kier molecular flexibility index (Phi) is 5.58. The van der Waals surface area contributed by atoms with Gasteiger partial charge in [0.1, 0.15) is 0 Å². The van der Waals surface area contributed by atoms with Crippen LogP contribution in [0, 0.1) is 0 Å². The molecule has 100 valence electrons. The average Bonchev–Trinajstić information content (AvgIpc) is 2.38. The highest BCUT2D eigenvalue weighted by molar-refractivity contribution is 7.99. The van der Waals surface area contributed by atoms with E-state index in [0.29, 0.717) is 6.04 Å². The Bertz CT molecular complexity index is 373. The van der Waals surface area contributed by atoms with Crippen LogP contribution in [0.2, 0.25) is 0 Å². The average molecular weight is 263 g/mol. The van der Waals surface area contributed by atoms with Crippen LogP contribution < -0.4 is 5.32 Å². The minimum atomic E-state index is 0.616. The molecule has 0 unspecified atom stereocenters. The van der Waals surface area contributed by atoms with Gasteiger partial charge in [-0.1, -0.05) is 26.0 Å². The predicted molar refractivity (Wildman–Crippen MR) is 81.6 cm³/mol. The minimum absolute atomic E-state index is 0.616. The molecule has 1 aromatic carbocycles. The molecular weight excluding hydrogens is 238 g/mol. The van der Waals surface area contributed by atoms with Crippen molar-refractivity contribution in [2.24, 2.45) is 0 Å². The lowest BCUT2D eigenvalue weighted by molar-refractivity contribution is 0.557. The predicted octanol–water partition coefficient (Wildman–Crippen LogP) is 4.05. The van der Waals surface area contributed by atoms with Gasteiger partial charge < -0.3 is 5.32 Å². The Labute approximate surface area is 116 Å². The van der Waals surface area contributed by atoms with Crippen molar-refractivity contribution in [3.8, 4) is 0 Å². The molecule has 1 aliphatic rings. The molecule has 2 heteroatoms. The normalized spacial score (nSPS) is 14.8. The van der Waals surface area contributed by atoms with Crippen molar-refractivity contribution in [2.45, 2.75) is 56.9 Å². The van der Waals surface area contributed by atoms with Crippen molar-refractivity contribution >= 4 is 11.8 Å². The van der Waals surface area contributed by atoms with E-state index in [4.69, 9.17) is 0 Å². The number of rotatable bonds is 6. The van der Waals surface area contributed by atoms with Crippen molar-refractivity contribution in [2.75, 3.05) is 12.3 Å². The van der Waals surface area contributed by atoms with Crippen LogP contribution in [0.4, 0.5) is 0 Å². The molecule has 18 heavy (non-hydrogen) atoms. The van der Waals surface area contributed by atoms with Gasteiger partial charge in [-0.2, -0.15) is 0 Å². The zero-order valence-corrected chi connectivity index (χ0v) is 12.5. The van der Waals surface area contributed by atoms with E-state index < -0.39 is 0 Å². The Balaban J connectivity index is 1.76. The molecule has 0 atom stereocenters. The topological polar surface area (TPSA) is 12.0 Å². The molecule has 0 spiro atoms. The van der Waals surface area contributed by atoms with Crippen LogP contribution in [-0.4, -0.2) is 18.3 Å². The fourth-order valence-electron chi connectivity index (χ4n) is 2.41. The van der Waals surface area contributed by atoms with Gasteiger partial charge in [0.15, 0.2) is 0 Å². The fourth-order valence-corrected chi connectivity index (χ4v) is 3.43. The molecule has 0 aromatic heterocycles. The van der Waals surface area contributed by atoms with E-state index >= 15 is 0 Å². The van der Waals surface area contributed by atoms with E-state index in [-0.39, 0.29) is 0 Å². The first-order valence-corrected chi connectivity index (χ1v) is 8.22. The number of nitrogens with one attached hydrogen (secondary N) is 1. The Hall–Kier alpha value is -0.470. The number of thioether (sulfide) groups is 1. The third-order valence-corrected chi connectivity index (χ3v) is 4.62. The van der Waals surface area contributed by atoms with Gasteiger partial charge in [0.2, 0.25) is 0 Å². The zero-order chi connectivity index (χ0) is 12.8. The van der Waals surface area contributed by atoms with Gasteiger partial charge in [0, 0.05) is 10.9 Å². The van der Waals surface area contributed by atoms with Crippen LogP contribution in [-0.2, 0) is 12.8 Å². The number of aryl methyl sites for hydroxylation is 2. The zero-order valence-electron chi connectivity index (χ0n) is 11.7. The molecule has 1 heterocycles. The first-order chi connectivity index (χ1) is 8.75. The lowest BCUT2D eigenvalue weighted by Gasteiger charge is -2.16. The lowest BCUT2D eigenvalue weighted by atomic mass is 10.0. The number of benzene rings is 1. The molecule has 0 amide bonds. The molecule has 1 nitrogen and oxygen atoms in total. The van der Waals surface area contributed by atoms with Gasteiger partial charge in [-0.15, -0.1) is 11.8 Å². The van der Waals surface area contributed by atoms with Crippen LogP contribution in [0.5, 0.6) is 0 Å². The van der Waals surface area contributed by atoms with Crippen molar-refractivity contribution in [3.63, 3.8) is 0 Å². The second kappa shape index (κ2) is 7.20. The number of unbranched alkanes of at least 4 members (excludes halogenated alkanes) is 1. The molecule has 1 aliphatic heterocycles. The Morgan fingerprint density at radius 2 is 2.17 bits per heavy atom. The van der Waals surface area contributed by atoms with E-state index in [1.165, 1.54) is 48.3 Å². The van der Waals surface area contributed by atoms with Gasteiger partial charge in [-0.3, -0.25) is 0 Å².